The normalized spacial score (nSPS) is 25.3. The van der Waals surface area contributed by atoms with Crippen LogP contribution < -0.4 is 16.1 Å². The van der Waals surface area contributed by atoms with Crippen molar-refractivity contribution < 1.29 is 18.0 Å². The molecule has 3 N–H and O–H groups in total. The van der Waals surface area contributed by atoms with Gasteiger partial charge in [0.1, 0.15) is 12.4 Å². The first-order chi connectivity index (χ1) is 15.4. The number of piperidine rings is 1. The number of rotatable bonds is 7. The van der Waals surface area contributed by atoms with Crippen molar-refractivity contribution in [3.63, 3.8) is 0 Å². The lowest BCUT2D eigenvalue weighted by atomic mass is 9.97. The second-order valence-corrected chi connectivity index (χ2v) is 12.9. The van der Waals surface area contributed by atoms with Gasteiger partial charge in [-0.2, -0.15) is 9.79 Å². The molecule has 0 bridgehead atoms. The molecule has 0 spiro atoms. The van der Waals surface area contributed by atoms with Gasteiger partial charge in [0.25, 0.3) is 0 Å². The SMILES string of the molecule is Cc1sc(C2NOC(C3CC3)N2)cc1S(=O)(=O)N1CCC(C(=O)NCc2cccs2)CC1. The average molecular weight is 497 g/mol. The van der Waals surface area contributed by atoms with Gasteiger partial charge in [-0.15, -0.1) is 22.7 Å². The molecule has 3 aliphatic rings. The van der Waals surface area contributed by atoms with Crippen LogP contribution in [0.25, 0.3) is 0 Å². The number of carbonyl (C=O) groups excluding carboxylic acids is 1. The molecular formula is C21H28N4O4S3. The summed E-state index contributed by atoms with van der Waals surface area (Å²) in [4.78, 5) is 21.3. The number of thiophene rings is 2. The molecule has 2 saturated heterocycles. The van der Waals surface area contributed by atoms with Gasteiger partial charge in [0.05, 0.1) is 11.4 Å². The molecule has 2 unspecified atom stereocenters. The van der Waals surface area contributed by atoms with Crippen molar-refractivity contribution >= 4 is 38.6 Å². The van der Waals surface area contributed by atoms with Crippen molar-refractivity contribution in [3.8, 4) is 0 Å². The Bertz CT molecular complexity index is 1060. The van der Waals surface area contributed by atoms with Crippen LogP contribution in [0.4, 0.5) is 0 Å². The first kappa shape index (κ1) is 22.5. The van der Waals surface area contributed by atoms with Gasteiger partial charge in [-0.05, 0) is 50.1 Å². The zero-order valence-corrected chi connectivity index (χ0v) is 20.3. The third-order valence-electron chi connectivity index (χ3n) is 6.33. The van der Waals surface area contributed by atoms with Gasteiger partial charge < -0.3 is 5.32 Å². The molecule has 174 valence electrons. The molecule has 2 aliphatic heterocycles. The Morgan fingerprint density at radius 3 is 2.75 bits per heavy atom. The fourth-order valence-corrected chi connectivity index (χ4v) is 7.95. The predicted molar refractivity (Wildman–Crippen MR) is 123 cm³/mol. The summed E-state index contributed by atoms with van der Waals surface area (Å²) < 4.78 is 28.2. The van der Waals surface area contributed by atoms with Crippen LogP contribution in [0.1, 0.15) is 46.5 Å². The van der Waals surface area contributed by atoms with E-state index < -0.39 is 10.0 Å². The van der Waals surface area contributed by atoms with Crippen molar-refractivity contribution in [2.24, 2.45) is 11.8 Å². The number of sulfonamides is 1. The number of hydrogen-bond acceptors (Lipinski definition) is 8. The van der Waals surface area contributed by atoms with Crippen molar-refractivity contribution in [1.29, 1.82) is 0 Å². The van der Waals surface area contributed by atoms with Crippen LogP contribution in [0, 0.1) is 18.8 Å². The quantitative estimate of drug-likeness (QED) is 0.545. The van der Waals surface area contributed by atoms with Gasteiger partial charge >= 0.3 is 0 Å². The average Bonchev–Trinajstić information content (AvgIpc) is 3.18. The lowest BCUT2D eigenvalue weighted by molar-refractivity contribution is -0.126. The van der Waals surface area contributed by atoms with Gasteiger partial charge in [-0.25, -0.2) is 8.42 Å². The van der Waals surface area contributed by atoms with E-state index in [2.05, 4.69) is 16.1 Å². The van der Waals surface area contributed by atoms with Gasteiger partial charge in [0, 0.05) is 39.6 Å². The van der Waals surface area contributed by atoms with E-state index in [0.29, 0.717) is 43.3 Å². The number of nitrogens with zero attached hydrogens (tertiary/aromatic N) is 1. The smallest absolute Gasteiger partial charge is 0.244 e. The summed E-state index contributed by atoms with van der Waals surface area (Å²) in [5, 5.41) is 8.37. The van der Waals surface area contributed by atoms with Crippen molar-refractivity contribution in [2.45, 2.75) is 56.4 Å². The second kappa shape index (κ2) is 9.13. The van der Waals surface area contributed by atoms with Crippen molar-refractivity contribution in [3.05, 3.63) is 38.2 Å². The number of nitrogens with one attached hydrogen (secondary N) is 3. The predicted octanol–water partition coefficient (Wildman–Crippen LogP) is 2.69. The molecule has 11 heteroatoms. The molecule has 2 atom stereocenters. The molecule has 8 nitrogen and oxygen atoms in total. The summed E-state index contributed by atoms with van der Waals surface area (Å²) in [6, 6.07) is 5.72. The van der Waals surface area contributed by atoms with Crippen LogP contribution >= 0.6 is 22.7 Å². The van der Waals surface area contributed by atoms with Crippen LogP contribution in [0.3, 0.4) is 0 Å². The highest BCUT2D eigenvalue weighted by molar-refractivity contribution is 7.89. The summed E-state index contributed by atoms with van der Waals surface area (Å²) in [5.74, 6) is 0.401. The van der Waals surface area contributed by atoms with E-state index in [0.717, 1.165) is 27.5 Å². The van der Waals surface area contributed by atoms with Gasteiger partial charge in [0.15, 0.2) is 0 Å². The standard InChI is InChI=1S/C21H28N4O4S3/c1-13-18(11-17(31-13)19-23-21(29-24-19)15-4-5-15)32(27,28)25-8-6-14(7-9-25)20(26)22-12-16-3-2-10-30-16/h2-3,10-11,14-15,19,21,23-24H,4-9,12H2,1H3,(H,22,26). The fraction of sp³-hybridized carbons (Fsp3) is 0.571. The Balaban J connectivity index is 1.19. The van der Waals surface area contributed by atoms with E-state index in [9.17, 15) is 13.2 Å². The molecule has 1 amide bonds. The van der Waals surface area contributed by atoms with Crippen LogP contribution in [-0.4, -0.2) is 37.9 Å². The fourth-order valence-electron chi connectivity index (χ4n) is 4.26. The third kappa shape index (κ3) is 4.65. The molecule has 1 saturated carbocycles. The van der Waals surface area contributed by atoms with Crippen molar-refractivity contribution in [1.82, 2.24) is 20.4 Å². The van der Waals surface area contributed by atoms with Crippen molar-refractivity contribution in [2.75, 3.05) is 13.1 Å². The molecule has 4 heterocycles. The largest absolute Gasteiger partial charge is 0.351 e. The van der Waals surface area contributed by atoms with Gasteiger partial charge in [-0.3, -0.25) is 14.9 Å². The zero-order valence-electron chi connectivity index (χ0n) is 17.9. The third-order valence-corrected chi connectivity index (χ3v) is 10.5. The highest BCUT2D eigenvalue weighted by Crippen LogP contribution is 2.38. The molecule has 1 aliphatic carbocycles. The number of carbonyl (C=O) groups is 1. The first-order valence-corrected chi connectivity index (χ1v) is 14.1. The number of hydrogen-bond donors (Lipinski definition) is 3. The minimum Gasteiger partial charge on any atom is -0.351 e. The summed E-state index contributed by atoms with van der Waals surface area (Å²) in [6.07, 6.45) is 3.20. The number of amides is 1. The Kier molecular flexibility index (Phi) is 6.41. The second-order valence-electron chi connectivity index (χ2n) is 8.64. The lowest BCUT2D eigenvalue weighted by Crippen LogP contribution is -2.42. The van der Waals surface area contributed by atoms with E-state index in [-0.39, 0.29) is 24.2 Å². The number of hydroxylamine groups is 1. The Morgan fingerprint density at radius 1 is 1.28 bits per heavy atom. The van der Waals surface area contributed by atoms with Crippen LogP contribution in [0.15, 0.2) is 28.5 Å². The molecule has 0 aromatic carbocycles. The monoisotopic (exact) mass is 496 g/mol. The maximum absolute atomic E-state index is 13.3. The Labute approximate surface area is 196 Å². The van der Waals surface area contributed by atoms with E-state index in [1.807, 2.05) is 24.4 Å². The van der Waals surface area contributed by atoms with E-state index in [1.165, 1.54) is 15.6 Å². The maximum atomic E-state index is 13.3. The summed E-state index contributed by atoms with van der Waals surface area (Å²) in [6.45, 7) is 3.09. The van der Waals surface area contributed by atoms with E-state index in [1.54, 1.807) is 17.4 Å². The topological polar surface area (TPSA) is 99.8 Å². The first-order valence-electron chi connectivity index (χ1n) is 11.0. The van der Waals surface area contributed by atoms with Gasteiger partial charge in [0.2, 0.25) is 15.9 Å². The summed E-state index contributed by atoms with van der Waals surface area (Å²) >= 11 is 3.09. The maximum Gasteiger partial charge on any atom is 0.244 e. The molecule has 32 heavy (non-hydrogen) atoms. The van der Waals surface area contributed by atoms with Crippen LogP contribution in [0.5, 0.6) is 0 Å². The number of aryl methyl sites for hydroxylation is 1. The lowest BCUT2D eigenvalue weighted by Gasteiger charge is -2.30. The molecule has 5 rings (SSSR count). The molecule has 3 fully saturated rings. The highest BCUT2D eigenvalue weighted by Gasteiger charge is 2.39. The minimum atomic E-state index is -3.60. The molecular weight excluding hydrogens is 468 g/mol. The van der Waals surface area contributed by atoms with Crippen LogP contribution in [-0.2, 0) is 26.2 Å². The zero-order chi connectivity index (χ0) is 22.3. The minimum absolute atomic E-state index is 0.00699. The van der Waals surface area contributed by atoms with Crippen LogP contribution in [0.2, 0.25) is 0 Å². The summed E-state index contributed by atoms with van der Waals surface area (Å²) in [7, 11) is -3.60. The van der Waals surface area contributed by atoms with E-state index >= 15 is 0 Å². The summed E-state index contributed by atoms with van der Waals surface area (Å²) in [5.41, 5.74) is 3.00. The highest BCUT2D eigenvalue weighted by atomic mass is 32.2. The van der Waals surface area contributed by atoms with Gasteiger partial charge in [-0.1, -0.05) is 6.07 Å². The molecule has 2 aromatic rings. The molecule has 2 aromatic heterocycles. The molecule has 0 radical (unpaired) electrons. The Hall–Kier alpha value is -1.34. The van der Waals surface area contributed by atoms with E-state index in [4.69, 9.17) is 4.84 Å². The Morgan fingerprint density at radius 2 is 2.06 bits per heavy atom.